The van der Waals surface area contributed by atoms with Gasteiger partial charge in [-0.05, 0) is 12.1 Å². The van der Waals surface area contributed by atoms with E-state index in [4.69, 9.17) is 11.0 Å². The van der Waals surface area contributed by atoms with E-state index in [1.165, 1.54) is 12.4 Å². The van der Waals surface area contributed by atoms with E-state index >= 15 is 0 Å². The normalized spacial score (nSPS) is 9.69. The Morgan fingerprint density at radius 3 is 2.81 bits per heavy atom. The number of nitrogens with zero attached hydrogens (tertiary/aromatic N) is 2. The molecule has 2 aromatic rings. The summed E-state index contributed by atoms with van der Waals surface area (Å²) in [6, 6.07) is 5.23. The first-order chi connectivity index (χ1) is 7.70. The van der Waals surface area contributed by atoms with Crippen LogP contribution in [0.3, 0.4) is 0 Å². The molecule has 5 nitrogen and oxygen atoms in total. The lowest BCUT2D eigenvalue weighted by Crippen LogP contribution is -2.10. The molecule has 0 unspecified atom stereocenters. The van der Waals surface area contributed by atoms with Crippen LogP contribution < -0.4 is 11.3 Å². The van der Waals surface area contributed by atoms with E-state index in [0.29, 0.717) is 5.56 Å². The van der Waals surface area contributed by atoms with Gasteiger partial charge in [-0.1, -0.05) is 0 Å². The van der Waals surface area contributed by atoms with Gasteiger partial charge in [-0.15, -0.1) is 0 Å². The van der Waals surface area contributed by atoms with Gasteiger partial charge in [0.05, 0.1) is 11.3 Å². The molecule has 0 fully saturated rings. The van der Waals surface area contributed by atoms with Crippen molar-refractivity contribution in [1.29, 1.82) is 5.26 Å². The van der Waals surface area contributed by atoms with E-state index in [2.05, 4.69) is 9.97 Å². The molecule has 0 aliphatic rings. The van der Waals surface area contributed by atoms with Crippen LogP contribution in [-0.2, 0) is 0 Å². The number of hydrogen-bond donors (Lipinski definition) is 2. The van der Waals surface area contributed by atoms with E-state index in [1.54, 1.807) is 18.3 Å². The number of aromatic amines is 1. The van der Waals surface area contributed by atoms with Crippen LogP contribution in [0, 0.1) is 11.3 Å². The maximum Gasteiger partial charge on any atom is 0.271 e. The first kappa shape index (κ1) is 9.93. The predicted molar refractivity (Wildman–Crippen MR) is 59.4 cm³/mol. The van der Waals surface area contributed by atoms with Gasteiger partial charge in [-0.3, -0.25) is 9.78 Å². The molecule has 3 N–H and O–H groups in total. The molecule has 0 aliphatic carbocycles. The largest absolute Gasteiger partial charge is 0.394 e. The Balaban J connectivity index is 2.55. The number of anilines is 1. The van der Waals surface area contributed by atoms with Crippen LogP contribution in [0.5, 0.6) is 0 Å². The Kier molecular flexibility index (Phi) is 2.40. The minimum absolute atomic E-state index is 0.139. The third-order valence-electron chi connectivity index (χ3n) is 2.13. The number of nitrogens with two attached hydrogens (primary N) is 1. The highest BCUT2D eigenvalue weighted by Crippen LogP contribution is 2.18. The number of rotatable bonds is 1. The summed E-state index contributed by atoms with van der Waals surface area (Å²) in [4.78, 5) is 17.5. The lowest BCUT2D eigenvalue weighted by Gasteiger charge is -2.01. The molecule has 2 rings (SSSR count). The molecule has 0 atom stereocenters. The van der Waals surface area contributed by atoms with Crippen LogP contribution in [0.4, 0.5) is 5.69 Å². The van der Waals surface area contributed by atoms with Crippen molar-refractivity contribution in [2.45, 2.75) is 0 Å². The van der Waals surface area contributed by atoms with Crippen LogP contribution in [0.2, 0.25) is 0 Å². The minimum Gasteiger partial charge on any atom is -0.394 e. The van der Waals surface area contributed by atoms with Crippen LogP contribution in [0.15, 0.2) is 35.5 Å². The number of hydrogen-bond acceptors (Lipinski definition) is 4. The lowest BCUT2D eigenvalue weighted by atomic mass is 10.1. The van der Waals surface area contributed by atoms with Crippen molar-refractivity contribution < 1.29 is 0 Å². The second-order valence-electron chi connectivity index (χ2n) is 3.25. The van der Waals surface area contributed by atoms with Crippen LogP contribution in [0.1, 0.15) is 5.56 Å². The maximum absolute atomic E-state index is 11.1. The third kappa shape index (κ3) is 1.77. The molecule has 0 aliphatic heterocycles. The summed E-state index contributed by atoms with van der Waals surface area (Å²) in [5, 5.41) is 8.74. The fraction of sp³-hybridized carbons (Fsp3) is 0. The van der Waals surface area contributed by atoms with Gasteiger partial charge >= 0.3 is 0 Å². The van der Waals surface area contributed by atoms with Crippen molar-refractivity contribution >= 4 is 5.69 Å². The predicted octanol–water partition coefficient (Wildman–Crippen LogP) is 0.891. The molecule has 2 heterocycles. The van der Waals surface area contributed by atoms with Crippen LogP contribution >= 0.6 is 0 Å². The van der Waals surface area contributed by atoms with Gasteiger partial charge in [0.15, 0.2) is 0 Å². The number of H-pyrrole nitrogens is 1. The molecule has 0 spiro atoms. The first-order valence-electron chi connectivity index (χ1n) is 4.54. The van der Waals surface area contributed by atoms with E-state index in [9.17, 15) is 4.79 Å². The van der Waals surface area contributed by atoms with Gasteiger partial charge in [0.1, 0.15) is 6.07 Å². The number of nitrogen functional groups attached to an aromatic ring is 1. The SMILES string of the molecule is N#Cc1cncc(-c2c[nH]c(=O)c(N)c2)c1. The second-order valence-corrected chi connectivity index (χ2v) is 3.25. The summed E-state index contributed by atoms with van der Waals surface area (Å²) in [5.74, 6) is 0. The maximum atomic E-state index is 11.1. The highest BCUT2D eigenvalue weighted by atomic mass is 16.1. The first-order valence-corrected chi connectivity index (χ1v) is 4.54. The Morgan fingerprint density at radius 1 is 1.31 bits per heavy atom. The highest BCUT2D eigenvalue weighted by Gasteiger charge is 2.02. The lowest BCUT2D eigenvalue weighted by molar-refractivity contribution is 1.24. The van der Waals surface area contributed by atoms with Crippen molar-refractivity contribution in [2.24, 2.45) is 0 Å². The van der Waals surface area contributed by atoms with Gasteiger partial charge in [0.25, 0.3) is 5.56 Å². The van der Waals surface area contributed by atoms with E-state index < -0.39 is 0 Å². The zero-order valence-electron chi connectivity index (χ0n) is 8.27. The molecule has 0 bridgehead atoms. The summed E-state index contributed by atoms with van der Waals surface area (Å²) in [6.07, 6.45) is 4.61. The van der Waals surface area contributed by atoms with Crippen molar-refractivity contribution in [1.82, 2.24) is 9.97 Å². The molecule has 0 saturated carbocycles. The number of nitriles is 1. The van der Waals surface area contributed by atoms with Crippen molar-refractivity contribution in [2.75, 3.05) is 5.73 Å². The standard InChI is InChI=1S/C11H8N4O/c12-3-7-1-8(5-14-4-7)9-2-10(13)11(16)15-6-9/h1-2,4-6H,13H2,(H,15,16). The molecule has 0 saturated heterocycles. The summed E-state index contributed by atoms with van der Waals surface area (Å²) in [6.45, 7) is 0. The van der Waals surface area contributed by atoms with Crippen molar-refractivity contribution in [3.05, 3.63) is 46.6 Å². The second kappa shape index (κ2) is 3.87. The van der Waals surface area contributed by atoms with Gasteiger partial charge in [0, 0.05) is 29.7 Å². The number of nitrogens with one attached hydrogen (secondary N) is 1. The fourth-order valence-electron chi connectivity index (χ4n) is 1.33. The van der Waals surface area contributed by atoms with Gasteiger partial charge in [-0.25, -0.2) is 0 Å². The zero-order valence-corrected chi connectivity index (χ0v) is 8.27. The molecule has 5 heteroatoms. The average Bonchev–Trinajstić information content (AvgIpc) is 2.33. The van der Waals surface area contributed by atoms with Crippen LogP contribution in [0.25, 0.3) is 11.1 Å². The molecular weight excluding hydrogens is 204 g/mol. The zero-order chi connectivity index (χ0) is 11.5. The van der Waals surface area contributed by atoms with Crippen molar-refractivity contribution in [3.63, 3.8) is 0 Å². The summed E-state index contributed by atoms with van der Waals surface area (Å²) in [7, 11) is 0. The number of pyridine rings is 2. The van der Waals surface area contributed by atoms with E-state index in [-0.39, 0.29) is 11.2 Å². The smallest absolute Gasteiger partial charge is 0.271 e. The van der Waals surface area contributed by atoms with Gasteiger partial charge in [-0.2, -0.15) is 5.26 Å². The Morgan fingerprint density at radius 2 is 2.12 bits per heavy atom. The van der Waals surface area contributed by atoms with E-state index in [0.717, 1.165) is 11.1 Å². The molecule has 16 heavy (non-hydrogen) atoms. The minimum atomic E-state index is -0.326. The Hall–Kier alpha value is -2.61. The van der Waals surface area contributed by atoms with E-state index in [1.807, 2.05) is 6.07 Å². The summed E-state index contributed by atoms with van der Waals surface area (Å²) < 4.78 is 0. The Labute approximate surface area is 91.2 Å². The fourth-order valence-corrected chi connectivity index (χ4v) is 1.33. The van der Waals surface area contributed by atoms with Gasteiger partial charge in [0.2, 0.25) is 0 Å². The number of aromatic nitrogens is 2. The monoisotopic (exact) mass is 212 g/mol. The molecular formula is C11H8N4O. The highest BCUT2D eigenvalue weighted by molar-refractivity contribution is 5.66. The third-order valence-corrected chi connectivity index (χ3v) is 2.13. The summed E-state index contributed by atoms with van der Waals surface area (Å²) >= 11 is 0. The topological polar surface area (TPSA) is 95.6 Å². The molecule has 2 aromatic heterocycles. The average molecular weight is 212 g/mol. The van der Waals surface area contributed by atoms with Gasteiger partial charge < -0.3 is 10.7 Å². The van der Waals surface area contributed by atoms with Crippen molar-refractivity contribution in [3.8, 4) is 17.2 Å². The molecule has 0 aromatic carbocycles. The molecule has 78 valence electrons. The molecule has 0 radical (unpaired) electrons. The summed E-state index contributed by atoms with van der Waals surface area (Å²) in [5.41, 5.74) is 7.23. The van der Waals surface area contributed by atoms with Crippen LogP contribution in [-0.4, -0.2) is 9.97 Å². The Bertz CT molecular complexity index is 624. The molecule has 0 amide bonds. The quantitative estimate of drug-likeness (QED) is 0.733.